The Morgan fingerprint density at radius 3 is 2.29 bits per heavy atom. The number of unbranched alkanes of at least 4 members (excludes halogenated alkanes) is 4. The van der Waals surface area contributed by atoms with Gasteiger partial charge in [0.15, 0.2) is 5.78 Å². The molecule has 11 nitrogen and oxygen atoms in total. The van der Waals surface area contributed by atoms with Gasteiger partial charge in [-0.1, -0.05) is 56.5 Å². The summed E-state index contributed by atoms with van der Waals surface area (Å²) in [5.41, 5.74) is 3.46. The summed E-state index contributed by atoms with van der Waals surface area (Å²) in [5, 5.41) is 4.59. The number of fused-ring (bicyclic) bond motifs is 1. The molecule has 0 spiro atoms. The first kappa shape index (κ1) is 38.4. The number of aromatic nitrogens is 1. The van der Waals surface area contributed by atoms with E-state index >= 15 is 0 Å². The van der Waals surface area contributed by atoms with E-state index in [-0.39, 0.29) is 55.2 Å². The summed E-state index contributed by atoms with van der Waals surface area (Å²) in [7, 11) is 0. The van der Waals surface area contributed by atoms with Crippen molar-refractivity contribution < 1.29 is 33.6 Å². The number of anilines is 1. The van der Waals surface area contributed by atoms with Gasteiger partial charge in [-0.05, 0) is 87.6 Å². The average molecular weight is 713 g/mol. The molecule has 1 saturated carbocycles. The Morgan fingerprint density at radius 2 is 1.56 bits per heavy atom. The topological polar surface area (TPSA) is 135 Å². The van der Waals surface area contributed by atoms with E-state index < -0.39 is 17.8 Å². The van der Waals surface area contributed by atoms with Crippen LogP contribution < -0.4 is 10.2 Å². The van der Waals surface area contributed by atoms with Crippen molar-refractivity contribution in [2.24, 2.45) is 11.8 Å². The number of carbonyl (C=O) groups excluding carboxylic acids is 6. The number of para-hydroxylation sites is 1. The zero-order valence-electron chi connectivity index (χ0n) is 30.6. The minimum Gasteiger partial charge on any atom is -0.356 e. The number of amides is 4. The zero-order valence-corrected chi connectivity index (χ0v) is 30.6. The number of hydrogen-bond acceptors (Lipinski definition) is 7. The number of hydrogen-bond donors (Lipinski definition) is 1. The van der Waals surface area contributed by atoms with Gasteiger partial charge in [-0.25, -0.2) is 4.79 Å². The summed E-state index contributed by atoms with van der Waals surface area (Å²) < 4.78 is 1.88. The minimum absolute atomic E-state index is 0.0293. The highest BCUT2D eigenvalue weighted by Crippen LogP contribution is 2.33. The molecule has 0 radical (unpaired) electrons. The van der Waals surface area contributed by atoms with E-state index in [1.807, 2.05) is 54.0 Å². The van der Waals surface area contributed by atoms with Crippen LogP contribution in [0.15, 0.2) is 54.6 Å². The van der Waals surface area contributed by atoms with Crippen molar-refractivity contribution in [1.82, 2.24) is 14.9 Å². The smallest absolute Gasteiger partial charge is 0.333 e. The lowest BCUT2D eigenvalue weighted by Gasteiger charge is -2.27. The first-order valence-electron chi connectivity index (χ1n) is 19.0. The van der Waals surface area contributed by atoms with Crippen molar-refractivity contribution in [3.05, 3.63) is 65.9 Å². The summed E-state index contributed by atoms with van der Waals surface area (Å²) >= 11 is 0. The van der Waals surface area contributed by atoms with Crippen molar-refractivity contribution >= 4 is 52.0 Å². The maximum Gasteiger partial charge on any atom is 0.333 e. The van der Waals surface area contributed by atoms with Crippen molar-refractivity contribution in [1.29, 1.82) is 0 Å². The fraction of sp³-hybridized carbons (Fsp3) is 0.512. The monoisotopic (exact) mass is 712 g/mol. The lowest BCUT2D eigenvalue weighted by Crippen LogP contribution is -2.35. The molecule has 278 valence electrons. The number of carbonyl (C=O) groups is 6. The van der Waals surface area contributed by atoms with Crippen molar-refractivity contribution in [3.8, 4) is 0 Å². The van der Waals surface area contributed by atoms with Gasteiger partial charge in [-0.3, -0.25) is 24.0 Å². The maximum absolute atomic E-state index is 13.8. The number of Topliss-reactive ketones (excluding diaryl/α,β-unsaturated/α-hetero) is 1. The Labute approximate surface area is 306 Å². The number of aryl methyl sites for hydroxylation is 1. The molecule has 2 heterocycles. The molecule has 0 unspecified atom stereocenters. The van der Waals surface area contributed by atoms with Crippen molar-refractivity contribution in [2.45, 2.75) is 110 Å². The van der Waals surface area contributed by atoms with Gasteiger partial charge in [-0.2, -0.15) is 0 Å². The Hall–Kier alpha value is -4.80. The molecule has 3 aromatic rings. The van der Waals surface area contributed by atoms with Gasteiger partial charge >= 0.3 is 5.97 Å². The lowest BCUT2D eigenvalue weighted by molar-refractivity contribution is -0.197. The zero-order chi connectivity index (χ0) is 37.0. The van der Waals surface area contributed by atoms with Crippen LogP contribution in [-0.4, -0.2) is 58.1 Å². The molecule has 1 saturated heterocycles. The van der Waals surface area contributed by atoms with Crippen molar-refractivity contribution in [3.63, 3.8) is 0 Å². The molecule has 1 aliphatic carbocycles. The van der Waals surface area contributed by atoms with Crippen LogP contribution in [0.5, 0.6) is 0 Å². The fourth-order valence-corrected chi connectivity index (χ4v) is 7.36. The molecule has 2 aromatic carbocycles. The predicted molar refractivity (Wildman–Crippen MR) is 198 cm³/mol. The second-order valence-corrected chi connectivity index (χ2v) is 14.0. The second kappa shape index (κ2) is 18.6. The minimum atomic E-state index is -0.571. The number of benzene rings is 2. The number of nitrogens with zero attached hydrogens (tertiary/aromatic N) is 3. The third-order valence-corrected chi connectivity index (χ3v) is 10.4. The van der Waals surface area contributed by atoms with Crippen LogP contribution in [0.2, 0.25) is 0 Å². The quantitative estimate of drug-likeness (QED) is 0.0881. The second-order valence-electron chi connectivity index (χ2n) is 14.0. The molecule has 2 aliphatic rings. The fourth-order valence-electron chi connectivity index (χ4n) is 7.36. The summed E-state index contributed by atoms with van der Waals surface area (Å²) in [6, 6.07) is 17.8. The van der Waals surface area contributed by atoms with E-state index in [0.717, 1.165) is 74.4 Å². The Bertz CT molecular complexity index is 1740. The molecule has 11 heteroatoms. The van der Waals surface area contributed by atoms with E-state index in [4.69, 9.17) is 4.84 Å². The van der Waals surface area contributed by atoms with Gasteiger partial charge in [0.05, 0.1) is 5.69 Å². The van der Waals surface area contributed by atoms with Crippen molar-refractivity contribution in [2.75, 3.05) is 18.0 Å². The third kappa shape index (κ3) is 9.95. The molecule has 5 rings (SSSR count). The van der Waals surface area contributed by atoms with Gasteiger partial charge in [-0.15, -0.1) is 5.06 Å². The van der Waals surface area contributed by atoms with E-state index in [9.17, 15) is 28.8 Å². The van der Waals surface area contributed by atoms with Crippen LogP contribution in [0.25, 0.3) is 10.9 Å². The van der Waals surface area contributed by atoms with Crippen LogP contribution in [0.3, 0.4) is 0 Å². The van der Waals surface area contributed by atoms with E-state index in [1.165, 1.54) is 5.56 Å². The van der Waals surface area contributed by atoms with Crippen LogP contribution in [0, 0.1) is 11.8 Å². The first-order chi connectivity index (χ1) is 25.2. The number of likely N-dealkylation sites (N-methyl/N-ethyl adjacent to an activating group) is 1. The molecule has 0 bridgehead atoms. The number of nitrogens with one attached hydrogen (secondary N) is 1. The Balaban J connectivity index is 1.03. The van der Waals surface area contributed by atoms with E-state index in [1.54, 1.807) is 4.90 Å². The molecular formula is C41H52N4O7. The predicted octanol–water partition coefficient (Wildman–Crippen LogP) is 6.70. The Morgan fingerprint density at radius 1 is 0.846 bits per heavy atom. The molecule has 1 N–H and O–H groups in total. The summed E-state index contributed by atoms with van der Waals surface area (Å²) in [5.74, 6) is -1.34. The van der Waals surface area contributed by atoms with Gasteiger partial charge in [0, 0.05) is 61.3 Å². The maximum atomic E-state index is 13.8. The number of hydroxylamine groups is 2. The first-order valence-corrected chi connectivity index (χ1v) is 19.0. The largest absolute Gasteiger partial charge is 0.356 e. The number of rotatable bonds is 18. The summed E-state index contributed by atoms with van der Waals surface area (Å²) in [4.78, 5) is 82.1. The summed E-state index contributed by atoms with van der Waals surface area (Å²) in [6.45, 7) is 5.26. The highest BCUT2D eigenvalue weighted by Gasteiger charge is 2.33. The third-order valence-electron chi connectivity index (χ3n) is 10.4. The Kier molecular flexibility index (Phi) is 13.8. The van der Waals surface area contributed by atoms with Crippen LogP contribution in [-0.2, 0) is 41.8 Å². The van der Waals surface area contributed by atoms with Gasteiger partial charge < -0.3 is 19.6 Å². The van der Waals surface area contributed by atoms with E-state index in [0.29, 0.717) is 36.7 Å². The molecule has 4 amide bonds. The van der Waals surface area contributed by atoms with Gasteiger partial charge in [0.25, 0.3) is 11.8 Å². The number of imide groups is 1. The SMILES string of the molecule is CCc1cccc(N(CC)C(=O)Cn2c(C(=O)CC3CCC(C(=O)NCCCCCCCC(=O)ON4C(=O)CCC4=O)CC3)cc3ccccc32)c1. The molecule has 1 aliphatic heterocycles. The molecule has 1 aromatic heterocycles. The molecule has 0 atom stereocenters. The van der Waals surface area contributed by atoms with E-state index in [2.05, 4.69) is 24.4 Å². The van der Waals surface area contributed by atoms with Crippen LogP contribution in [0.4, 0.5) is 5.69 Å². The highest BCUT2D eigenvalue weighted by molar-refractivity contribution is 6.02. The lowest BCUT2D eigenvalue weighted by atomic mass is 9.79. The number of ketones is 1. The average Bonchev–Trinajstić information content (AvgIpc) is 3.68. The molecular weight excluding hydrogens is 660 g/mol. The highest BCUT2D eigenvalue weighted by atomic mass is 16.7. The standard InChI is InChI=1S/C41H52N4O7/c1-3-29-13-12-15-33(25-29)43(4-2)39(49)28-44-34-16-10-9-14-32(34)27-35(44)36(46)26-30-18-20-31(21-19-30)41(51)42-24-11-7-5-6-8-17-40(50)52-45-37(47)22-23-38(45)48/h9-10,12-16,25,27,30-31H,3-8,11,17-24,26,28H2,1-2H3,(H,42,51). The molecule has 2 fully saturated rings. The van der Waals surface area contributed by atoms with Crippen LogP contribution >= 0.6 is 0 Å². The van der Waals surface area contributed by atoms with Gasteiger partial charge in [0.1, 0.15) is 6.54 Å². The molecule has 52 heavy (non-hydrogen) atoms. The summed E-state index contributed by atoms with van der Waals surface area (Å²) in [6.07, 6.45) is 8.79. The van der Waals surface area contributed by atoms with Gasteiger partial charge in [0.2, 0.25) is 11.8 Å². The van der Waals surface area contributed by atoms with Crippen LogP contribution in [0.1, 0.15) is 113 Å². The normalized spacial score (nSPS) is 17.4.